The molecule has 1 saturated heterocycles. The molecule has 1 unspecified atom stereocenters. The van der Waals surface area contributed by atoms with E-state index in [0.717, 1.165) is 0 Å². The average molecular weight is 342 g/mol. The maximum atomic E-state index is 12.4. The minimum Gasteiger partial charge on any atom is -0.346 e. The molecule has 2 rings (SSSR count). The summed E-state index contributed by atoms with van der Waals surface area (Å²) in [4.78, 5) is 26.0. The Kier molecular flexibility index (Phi) is 5.99. The van der Waals surface area contributed by atoms with Crippen LogP contribution in [-0.2, 0) is 4.79 Å². The minimum absolute atomic E-state index is 0.0874. The van der Waals surface area contributed by atoms with Crippen molar-refractivity contribution in [1.82, 2.24) is 10.2 Å². The monoisotopic (exact) mass is 342 g/mol. The van der Waals surface area contributed by atoms with Crippen LogP contribution in [0.15, 0.2) is 30.3 Å². The maximum absolute atomic E-state index is 12.4. The Morgan fingerprint density at radius 3 is 2.33 bits per heavy atom. The molecule has 1 fully saturated rings. The lowest BCUT2D eigenvalue weighted by molar-refractivity contribution is -0.141. The van der Waals surface area contributed by atoms with E-state index < -0.39 is 24.7 Å². The predicted octanol–water partition coefficient (Wildman–Crippen LogP) is 2.65. The van der Waals surface area contributed by atoms with Crippen molar-refractivity contribution in [1.29, 1.82) is 0 Å². The average Bonchev–Trinajstić information content (AvgIpc) is 2.58. The number of piperidine rings is 1. The highest BCUT2D eigenvalue weighted by molar-refractivity contribution is 5.97. The van der Waals surface area contributed by atoms with Crippen molar-refractivity contribution >= 4 is 11.7 Å². The molecule has 1 N–H and O–H groups in total. The van der Waals surface area contributed by atoms with Crippen LogP contribution < -0.4 is 5.32 Å². The SMILES string of the molecule is CC(C(=O)NCC(F)(F)F)N1CCC(C(=O)c2ccccc2)CC1. The Morgan fingerprint density at radius 2 is 1.79 bits per heavy atom. The van der Waals surface area contributed by atoms with E-state index in [-0.39, 0.29) is 11.7 Å². The Morgan fingerprint density at radius 1 is 1.21 bits per heavy atom. The molecule has 4 nitrogen and oxygen atoms in total. The largest absolute Gasteiger partial charge is 0.405 e. The summed E-state index contributed by atoms with van der Waals surface area (Å²) >= 11 is 0. The summed E-state index contributed by atoms with van der Waals surface area (Å²) in [7, 11) is 0. The molecule has 24 heavy (non-hydrogen) atoms. The van der Waals surface area contributed by atoms with Gasteiger partial charge in [0.1, 0.15) is 6.54 Å². The van der Waals surface area contributed by atoms with E-state index in [4.69, 9.17) is 0 Å². The molecule has 1 heterocycles. The van der Waals surface area contributed by atoms with E-state index in [0.29, 0.717) is 31.5 Å². The van der Waals surface area contributed by atoms with Crippen LogP contribution >= 0.6 is 0 Å². The Labute approximate surface area is 139 Å². The second kappa shape index (κ2) is 7.79. The van der Waals surface area contributed by atoms with Crippen LogP contribution in [0, 0.1) is 5.92 Å². The number of carbonyl (C=O) groups excluding carboxylic acids is 2. The number of nitrogens with one attached hydrogen (secondary N) is 1. The fraction of sp³-hybridized carbons (Fsp3) is 0.529. The van der Waals surface area contributed by atoms with Crippen LogP contribution in [0.25, 0.3) is 0 Å². The molecule has 0 bridgehead atoms. The molecule has 1 atom stereocenters. The zero-order chi connectivity index (χ0) is 17.7. The molecule has 0 spiro atoms. The number of likely N-dealkylation sites (tertiary alicyclic amines) is 1. The highest BCUT2D eigenvalue weighted by Gasteiger charge is 2.32. The Balaban J connectivity index is 1.83. The number of benzene rings is 1. The van der Waals surface area contributed by atoms with E-state index in [1.807, 2.05) is 28.4 Å². The van der Waals surface area contributed by atoms with Gasteiger partial charge in [0.2, 0.25) is 5.91 Å². The van der Waals surface area contributed by atoms with Gasteiger partial charge in [-0.05, 0) is 32.9 Å². The number of nitrogens with zero attached hydrogens (tertiary/aromatic N) is 1. The normalized spacial score (nSPS) is 18.2. The van der Waals surface area contributed by atoms with Crippen LogP contribution in [0.3, 0.4) is 0 Å². The number of ketones is 1. The third kappa shape index (κ3) is 5.06. The quantitative estimate of drug-likeness (QED) is 0.837. The molecule has 0 aliphatic carbocycles. The summed E-state index contributed by atoms with van der Waals surface area (Å²) in [5.41, 5.74) is 0.673. The number of Topliss-reactive ketones (excluding diaryl/α,β-unsaturated/α-hetero) is 1. The van der Waals surface area contributed by atoms with Gasteiger partial charge in [-0.25, -0.2) is 0 Å². The van der Waals surface area contributed by atoms with Crippen molar-refractivity contribution in [3.63, 3.8) is 0 Å². The number of alkyl halides is 3. The molecule has 1 aliphatic rings. The molecule has 7 heteroatoms. The summed E-state index contributed by atoms with van der Waals surface area (Å²) in [5, 5.41) is 1.91. The first-order chi connectivity index (χ1) is 11.3. The highest BCUT2D eigenvalue weighted by Crippen LogP contribution is 2.23. The standard InChI is InChI=1S/C17H21F3N2O2/c1-12(16(24)21-11-17(18,19)20)22-9-7-14(8-10-22)15(23)13-5-3-2-4-6-13/h2-6,12,14H,7-11H2,1H3,(H,21,24). The number of halogens is 3. The van der Waals surface area contributed by atoms with Crippen molar-refractivity contribution in [3.8, 4) is 0 Å². The van der Waals surface area contributed by atoms with Gasteiger partial charge in [0.15, 0.2) is 5.78 Å². The van der Waals surface area contributed by atoms with Gasteiger partial charge in [0, 0.05) is 11.5 Å². The minimum atomic E-state index is -4.41. The molecule has 1 aromatic rings. The number of rotatable bonds is 5. The summed E-state index contributed by atoms with van der Waals surface area (Å²) in [5.74, 6) is -0.654. The molecule has 0 saturated carbocycles. The van der Waals surface area contributed by atoms with Gasteiger partial charge >= 0.3 is 6.18 Å². The van der Waals surface area contributed by atoms with Crippen molar-refractivity contribution in [2.24, 2.45) is 5.92 Å². The number of amides is 1. The van der Waals surface area contributed by atoms with Crippen molar-refractivity contribution in [3.05, 3.63) is 35.9 Å². The smallest absolute Gasteiger partial charge is 0.346 e. The van der Waals surface area contributed by atoms with Crippen molar-refractivity contribution in [2.45, 2.75) is 32.0 Å². The van der Waals surface area contributed by atoms with Crippen LogP contribution in [0.5, 0.6) is 0 Å². The van der Waals surface area contributed by atoms with Gasteiger partial charge in [-0.15, -0.1) is 0 Å². The molecular formula is C17H21F3N2O2. The molecule has 0 aromatic heterocycles. The topological polar surface area (TPSA) is 49.4 Å². The van der Waals surface area contributed by atoms with Gasteiger partial charge in [-0.3, -0.25) is 14.5 Å². The molecular weight excluding hydrogens is 321 g/mol. The first-order valence-corrected chi connectivity index (χ1v) is 7.95. The van der Waals surface area contributed by atoms with E-state index in [2.05, 4.69) is 0 Å². The summed E-state index contributed by atoms with van der Waals surface area (Å²) in [6, 6.07) is 8.40. The predicted molar refractivity (Wildman–Crippen MR) is 83.6 cm³/mol. The lowest BCUT2D eigenvalue weighted by Crippen LogP contribution is -2.50. The van der Waals surface area contributed by atoms with Crippen LogP contribution in [0.1, 0.15) is 30.1 Å². The molecule has 0 radical (unpaired) electrons. The molecule has 132 valence electrons. The van der Waals surface area contributed by atoms with Gasteiger partial charge in [-0.1, -0.05) is 30.3 Å². The lowest BCUT2D eigenvalue weighted by atomic mass is 9.88. The Hall–Kier alpha value is -1.89. The summed E-state index contributed by atoms with van der Waals surface area (Å²) in [6.07, 6.45) is -3.21. The second-order valence-electron chi connectivity index (χ2n) is 6.05. The molecule has 1 aromatic carbocycles. The zero-order valence-electron chi connectivity index (χ0n) is 13.5. The van der Waals surface area contributed by atoms with E-state index in [1.54, 1.807) is 19.1 Å². The van der Waals surface area contributed by atoms with Crippen LogP contribution in [0.4, 0.5) is 13.2 Å². The number of hydrogen-bond acceptors (Lipinski definition) is 3. The van der Waals surface area contributed by atoms with E-state index >= 15 is 0 Å². The third-order valence-corrected chi connectivity index (χ3v) is 4.35. The third-order valence-electron chi connectivity index (χ3n) is 4.35. The summed E-state index contributed by atoms with van der Waals surface area (Å²) in [6.45, 7) is 1.30. The summed E-state index contributed by atoms with van der Waals surface area (Å²) < 4.78 is 36.5. The van der Waals surface area contributed by atoms with E-state index in [1.165, 1.54) is 0 Å². The van der Waals surface area contributed by atoms with E-state index in [9.17, 15) is 22.8 Å². The van der Waals surface area contributed by atoms with Crippen LogP contribution in [0.2, 0.25) is 0 Å². The van der Waals surface area contributed by atoms with Gasteiger partial charge in [0.05, 0.1) is 6.04 Å². The van der Waals surface area contributed by atoms with Gasteiger partial charge < -0.3 is 5.32 Å². The molecule has 1 aliphatic heterocycles. The number of hydrogen-bond donors (Lipinski definition) is 1. The molecule has 1 amide bonds. The van der Waals surface area contributed by atoms with Gasteiger partial charge in [0.25, 0.3) is 0 Å². The fourth-order valence-corrected chi connectivity index (χ4v) is 2.89. The maximum Gasteiger partial charge on any atom is 0.405 e. The lowest BCUT2D eigenvalue weighted by Gasteiger charge is -2.34. The van der Waals surface area contributed by atoms with Crippen molar-refractivity contribution < 1.29 is 22.8 Å². The first kappa shape index (κ1) is 18.4. The van der Waals surface area contributed by atoms with Gasteiger partial charge in [-0.2, -0.15) is 13.2 Å². The van der Waals surface area contributed by atoms with Crippen molar-refractivity contribution in [2.75, 3.05) is 19.6 Å². The first-order valence-electron chi connectivity index (χ1n) is 7.95. The van der Waals surface area contributed by atoms with Crippen LogP contribution in [-0.4, -0.2) is 48.4 Å². The second-order valence-corrected chi connectivity index (χ2v) is 6.05. The zero-order valence-corrected chi connectivity index (χ0v) is 13.5. The Bertz CT molecular complexity index is 567. The highest BCUT2D eigenvalue weighted by atomic mass is 19.4. The number of carbonyl (C=O) groups is 2. The fourth-order valence-electron chi connectivity index (χ4n) is 2.89.